The van der Waals surface area contributed by atoms with Crippen LogP contribution in [0.25, 0.3) is 0 Å². The molecule has 1 aliphatic carbocycles. The number of nitrogens with one attached hydrogen (secondary N) is 1. The Bertz CT molecular complexity index is 444. The summed E-state index contributed by atoms with van der Waals surface area (Å²) in [7, 11) is 0. The Labute approximate surface area is 131 Å². The van der Waals surface area contributed by atoms with E-state index in [-0.39, 0.29) is 11.9 Å². The summed E-state index contributed by atoms with van der Waals surface area (Å²) in [6.45, 7) is 0. The van der Waals surface area contributed by atoms with Gasteiger partial charge in [0, 0.05) is 23.8 Å². The zero-order valence-corrected chi connectivity index (χ0v) is 13.4. The van der Waals surface area contributed by atoms with Crippen molar-refractivity contribution >= 4 is 17.6 Å². The maximum absolute atomic E-state index is 8.84. The molecule has 1 unspecified atom stereocenters. The van der Waals surface area contributed by atoms with E-state index in [0.717, 1.165) is 5.25 Å². The van der Waals surface area contributed by atoms with Crippen LogP contribution in [0.1, 0.15) is 43.7 Å². The lowest BCUT2D eigenvalue weighted by atomic mass is 9.92. The molecule has 1 aliphatic rings. The number of hydrogen-bond donors (Lipinski definition) is 3. The highest BCUT2D eigenvalue weighted by Gasteiger charge is 2.23. The summed E-state index contributed by atoms with van der Waals surface area (Å²) in [5.41, 5.74) is 6.91. The lowest BCUT2D eigenvalue weighted by molar-refractivity contribution is 0.312. The molecule has 0 amide bonds. The second-order valence-electron chi connectivity index (χ2n) is 5.63. The molecule has 1 fully saturated rings. The molecule has 1 atom stereocenters. The molecule has 0 saturated heterocycles. The Hall–Kier alpha value is -1.20. The van der Waals surface area contributed by atoms with E-state index in [9.17, 15) is 0 Å². The molecule has 116 valence electrons. The number of benzene rings is 1. The third-order valence-electron chi connectivity index (χ3n) is 4.19. The van der Waals surface area contributed by atoms with E-state index in [1.807, 2.05) is 30.0 Å². The second-order valence-corrected chi connectivity index (χ2v) is 6.77. The Balaban J connectivity index is 1.99. The van der Waals surface area contributed by atoms with Crippen LogP contribution in [-0.2, 0) is 0 Å². The van der Waals surface area contributed by atoms with Gasteiger partial charge in [-0.25, -0.2) is 0 Å². The van der Waals surface area contributed by atoms with Gasteiger partial charge < -0.3 is 16.3 Å². The van der Waals surface area contributed by atoms with Crippen molar-refractivity contribution in [2.45, 2.75) is 49.4 Å². The van der Waals surface area contributed by atoms with Gasteiger partial charge in [0.2, 0.25) is 0 Å². The summed E-state index contributed by atoms with van der Waals surface area (Å²) >= 11 is 1.98. The Morgan fingerprint density at radius 3 is 2.57 bits per heavy atom. The summed E-state index contributed by atoms with van der Waals surface area (Å²) in [5, 5.41) is 16.5. The van der Waals surface area contributed by atoms with Crippen molar-refractivity contribution < 1.29 is 5.21 Å². The number of nitrogens with two attached hydrogens (primary N) is 1. The largest absolute Gasteiger partial charge is 0.409 e. The number of nitrogens with zero attached hydrogens (tertiary/aromatic N) is 1. The number of rotatable bonds is 6. The van der Waals surface area contributed by atoms with Crippen molar-refractivity contribution in [3.8, 4) is 0 Å². The first kappa shape index (κ1) is 16.2. The van der Waals surface area contributed by atoms with Gasteiger partial charge in [-0.1, -0.05) is 35.5 Å². The van der Waals surface area contributed by atoms with Gasteiger partial charge in [-0.3, -0.25) is 0 Å². The average Bonchev–Trinajstić information content (AvgIpc) is 2.55. The fraction of sp³-hybridized carbons (Fsp3) is 0.562. The van der Waals surface area contributed by atoms with Gasteiger partial charge >= 0.3 is 0 Å². The minimum Gasteiger partial charge on any atom is -0.409 e. The highest BCUT2D eigenvalue weighted by molar-refractivity contribution is 7.99. The Morgan fingerprint density at radius 2 is 2.00 bits per heavy atom. The van der Waals surface area contributed by atoms with E-state index in [0.29, 0.717) is 12.5 Å². The number of amidine groups is 1. The minimum absolute atomic E-state index is 0.109. The maximum Gasteiger partial charge on any atom is 0.141 e. The van der Waals surface area contributed by atoms with Crippen molar-refractivity contribution in [3.05, 3.63) is 35.9 Å². The zero-order valence-electron chi connectivity index (χ0n) is 12.5. The van der Waals surface area contributed by atoms with Crippen LogP contribution in [0, 0.1) is 0 Å². The van der Waals surface area contributed by atoms with E-state index in [2.05, 4.69) is 28.9 Å². The van der Waals surface area contributed by atoms with E-state index in [1.165, 1.54) is 31.2 Å². The standard InChI is InChI=1S/C16H25N3OS/c1-21-14-9-7-13(8-10-14)18-15(11-16(17)19-20)12-5-3-2-4-6-12/h2-6,13-15,18,20H,7-11H2,1H3,(H2,17,19). The molecule has 1 aromatic rings. The van der Waals surface area contributed by atoms with Crippen LogP contribution < -0.4 is 11.1 Å². The number of thioether (sulfide) groups is 1. The Kier molecular flexibility index (Phi) is 6.39. The van der Waals surface area contributed by atoms with Gasteiger partial charge in [0.05, 0.1) is 0 Å². The van der Waals surface area contributed by atoms with Gasteiger partial charge in [-0.15, -0.1) is 0 Å². The SMILES string of the molecule is CSC1CCC(NC(C/C(N)=N/O)c2ccccc2)CC1. The molecule has 0 heterocycles. The first-order valence-corrected chi connectivity index (χ1v) is 8.82. The summed E-state index contributed by atoms with van der Waals surface area (Å²) in [6.07, 6.45) is 7.66. The molecule has 1 saturated carbocycles. The van der Waals surface area contributed by atoms with Crippen LogP contribution in [0.2, 0.25) is 0 Å². The predicted molar refractivity (Wildman–Crippen MR) is 89.9 cm³/mol. The number of oxime groups is 1. The molecule has 5 heteroatoms. The molecule has 1 aromatic carbocycles. The van der Waals surface area contributed by atoms with Crippen molar-refractivity contribution in [2.24, 2.45) is 10.9 Å². The second kappa shape index (κ2) is 8.29. The quantitative estimate of drug-likeness (QED) is 0.327. The fourth-order valence-corrected chi connectivity index (χ4v) is 3.70. The van der Waals surface area contributed by atoms with Crippen molar-refractivity contribution in [2.75, 3.05) is 6.26 Å². The van der Waals surface area contributed by atoms with Crippen LogP contribution in [0.15, 0.2) is 35.5 Å². The maximum atomic E-state index is 8.84. The molecule has 0 radical (unpaired) electrons. The normalized spacial score (nSPS) is 24.7. The average molecular weight is 307 g/mol. The molecule has 21 heavy (non-hydrogen) atoms. The summed E-state index contributed by atoms with van der Waals surface area (Å²) in [4.78, 5) is 0. The topological polar surface area (TPSA) is 70.6 Å². The first-order valence-electron chi connectivity index (χ1n) is 7.53. The van der Waals surface area contributed by atoms with Crippen molar-refractivity contribution in [1.29, 1.82) is 0 Å². The smallest absolute Gasteiger partial charge is 0.141 e. The third-order valence-corrected chi connectivity index (χ3v) is 5.33. The first-order chi connectivity index (χ1) is 10.2. The van der Waals surface area contributed by atoms with Crippen LogP contribution in [0.5, 0.6) is 0 Å². The Morgan fingerprint density at radius 1 is 1.33 bits per heavy atom. The predicted octanol–water partition coefficient (Wildman–Crippen LogP) is 3.13. The number of hydrogen-bond acceptors (Lipinski definition) is 4. The molecule has 0 bridgehead atoms. The van der Waals surface area contributed by atoms with E-state index >= 15 is 0 Å². The van der Waals surface area contributed by atoms with Crippen LogP contribution in [0.3, 0.4) is 0 Å². The summed E-state index contributed by atoms with van der Waals surface area (Å²) in [6, 6.07) is 10.9. The van der Waals surface area contributed by atoms with Gasteiger partial charge in [0.15, 0.2) is 0 Å². The zero-order chi connectivity index (χ0) is 15.1. The highest BCUT2D eigenvalue weighted by atomic mass is 32.2. The van der Waals surface area contributed by atoms with Crippen LogP contribution in [0.4, 0.5) is 0 Å². The molecular formula is C16H25N3OS. The molecule has 0 spiro atoms. The monoisotopic (exact) mass is 307 g/mol. The summed E-state index contributed by atoms with van der Waals surface area (Å²) in [5.74, 6) is 0.272. The summed E-state index contributed by atoms with van der Waals surface area (Å²) < 4.78 is 0. The molecular weight excluding hydrogens is 282 g/mol. The van der Waals surface area contributed by atoms with Crippen molar-refractivity contribution in [1.82, 2.24) is 5.32 Å². The molecule has 0 aromatic heterocycles. The minimum atomic E-state index is 0.109. The van der Waals surface area contributed by atoms with Gasteiger partial charge in [-0.2, -0.15) is 11.8 Å². The van der Waals surface area contributed by atoms with E-state index in [1.54, 1.807) is 0 Å². The molecule has 2 rings (SSSR count). The fourth-order valence-electron chi connectivity index (χ4n) is 2.96. The van der Waals surface area contributed by atoms with Gasteiger partial charge in [0.1, 0.15) is 5.84 Å². The highest BCUT2D eigenvalue weighted by Crippen LogP contribution is 2.29. The molecule has 4 N–H and O–H groups in total. The van der Waals surface area contributed by atoms with Gasteiger partial charge in [-0.05, 0) is 37.5 Å². The molecule has 0 aliphatic heterocycles. The van der Waals surface area contributed by atoms with Crippen LogP contribution >= 0.6 is 11.8 Å². The van der Waals surface area contributed by atoms with E-state index < -0.39 is 0 Å². The van der Waals surface area contributed by atoms with Gasteiger partial charge in [0.25, 0.3) is 0 Å². The molecule has 4 nitrogen and oxygen atoms in total. The van der Waals surface area contributed by atoms with E-state index in [4.69, 9.17) is 10.9 Å². The van der Waals surface area contributed by atoms with Crippen molar-refractivity contribution in [3.63, 3.8) is 0 Å². The van der Waals surface area contributed by atoms with Crippen LogP contribution in [-0.4, -0.2) is 28.6 Å². The third kappa shape index (κ3) is 4.93. The lowest BCUT2D eigenvalue weighted by Gasteiger charge is -2.31. The lowest BCUT2D eigenvalue weighted by Crippen LogP contribution is -2.38.